The molecule has 2 heterocycles. The van der Waals surface area contributed by atoms with Gasteiger partial charge in [-0.15, -0.1) is 0 Å². The number of aliphatic hydroxyl groups excluding tert-OH is 1. The van der Waals surface area contributed by atoms with Gasteiger partial charge in [0.2, 0.25) is 5.91 Å². The number of rotatable bonds is 5. The van der Waals surface area contributed by atoms with Crippen LogP contribution < -0.4 is 4.90 Å². The summed E-state index contributed by atoms with van der Waals surface area (Å²) in [6, 6.07) is 26.2. The van der Waals surface area contributed by atoms with Gasteiger partial charge in [0, 0.05) is 22.8 Å². The van der Waals surface area contributed by atoms with Crippen LogP contribution in [0.1, 0.15) is 44.2 Å². The lowest BCUT2D eigenvalue weighted by Gasteiger charge is -2.53. The number of carbonyl (C=O) groups excluding carboxylic acids is 2. The first-order valence-corrected chi connectivity index (χ1v) is 13.8. The Labute approximate surface area is 245 Å². The van der Waals surface area contributed by atoms with Crippen LogP contribution in [0.5, 0.6) is 0 Å². The van der Waals surface area contributed by atoms with E-state index in [2.05, 4.69) is 0 Å². The molecule has 2 aliphatic heterocycles. The van der Waals surface area contributed by atoms with Crippen LogP contribution in [0.15, 0.2) is 97.1 Å². The molecular formula is C33H26ClF3N2O3. The predicted octanol–water partition coefficient (Wildman–Crippen LogP) is 6.62. The van der Waals surface area contributed by atoms with Crippen molar-refractivity contribution in [1.82, 2.24) is 4.90 Å². The van der Waals surface area contributed by atoms with Gasteiger partial charge in [0.15, 0.2) is 0 Å². The van der Waals surface area contributed by atoms with Gasteiger partial charge >= 0.3 is 6.18 Å². The van der Waals surface area contributed by atoms with Gasteiger partial charge in [0.25, 0.3) is 5.91 Å². The van der Waals surface area contributed by atoms with Crippen molar-refractivity contribution in [3.05, 3.63) is 135 Å². The predicted molar refractivity (Wildman–Crippen MR) is 153 cm³/mol. The summed E-state index contributed by atoms with van der Waals surface area (Å²) in [5.74, 6) is -1.10. The third-order valence-electron chi connectivity index (χ3n) is 8.17. The summed E-state index contributed by atoms with van der Waals surface area (Å²) in [7, 11) is 0. The van der Waals surface area contributed by atoms with Crippen LogP contribution in [0.25, 0.3) is 0 Å². The summed E-state index contributed by atoms with van der Waals surface area (Å²) in [5, 5.41) is 10.1. The number of nitrogens with zero attached hydrogens (tertiary/aromatic N) is 2. The highest BCUT2D eigenvalue weighted by Crippen LogP contribution is 2.54. The second-order valence-corrected chi connectivity index (χ2v) is 11.1. The topological polar surface area (TPSA) is 60.9 Å². The Hall–Kier alpha value is -4.14. The van der Waals surface area contributed by atoms with Crippen LogP contribution in [-0.4, -0.2) is 34.5 Å². The lowest BCUT2D eigenvalue weighted by Crippen LogP contribution is -2.63. The Bertz CT molecular complexity index is 1670. The number of anilines is 1. The van der Waals surface area contributed by atoms with E-state index in [4.69, 9.17) is 11.6 Å². The molecule has 42 heavy (non-hydrogen) atoms. The van der Waals surface area contributed by atoms with E-state index in [0.29, 0.717) is 32.8 Å². The molecule has 0 aromatic heterocycles. The number of alkyl halides is 3. The Morgan fingerprint density at radius 2 is 1.55 bits per heavy atom. The molecule has 2 aliphatic rings. The van der Waals surface area contributed by atoms with Crippen molar-refractivity contribution in [2.75, 3.05) is 11.4 Å². The molecule has 1 spiro atoms. The van der Waals surface area contributed by atoms with Crippen molar-refractivity contribution < 1.29 is 27.9 Å². The lowest BCUT2D eigenvalue weighted by atomic mass is 9.61. The minimum atomic E-state index is -4.67. The zero-order valence-corrected chi connectivity index (χ0v) is 23.1. The molecule has 5 nitrogen and oxygen atoms in total. The summed E-state index contributed by atoms with van der Waals surface area (Å²) in [6.07, 6.45) is -4.59. The number of hydrogen-bond donors (Lipinski definition) is 1. The first-order chi connectivity index (χ1) is 20.1. The fourth-order valence-corrected chi connectivity index (χ4v) is 6.59. The number of benzene rings is 4. The van der Waals surface area contributed by atoms with Crippen molar-refractivity contribution >= 4 is 29.1 Å². The summed E-state index contributed by atoms with van der Waals surface area (Å²) < 4.78 is 42.1. The van der Waals surface area contributed by atoms with Crippen LogP contribution in [0.3, 0.4) is 0 Å². The van der Waals surface area contributed by atoms with E-state index in [0.717, 1.165) is 4.90 Å². The smallest absolute Gasteiger partial charge is 0.392 e. The summed E-state index contributed by atoms with van der Waals surface area (Å²) in [4.78, 5) is 31.4. The average molecular weight is 591 g/mol. The number of halogens is 4. The van der Waals surface area contributed by atoms with Gasteiger partial charge in [-0.2, -0.15) is 13.2 Å². The van der Waals surface area contributed by atoms with Gasteiger partial charge in [-0.25, -0.2) is 0 Å². The number of fused-ring (bicyclic) bond motifs is 3. The minimum absolute atomic E-state index is 0.0230. The summed E-state index contributed by atoms with van der Waals surface area (Å²) in [5.41, 5.74) is 1.63. The fourth-order valence-electron chi connectivity index (χ4n) is 6.40. The molecule has 0 saturated heterocycles. The summed E-state index contributed by atoms with van der Waals surface area (Å²) >= 11 is 6.53. The van der Waals surface area contributed by atoms with Crippen molar-refractivity contribution in [2.24, 2.45) is 0 Å². The first kappa shape index (κ1) is 28.0. The number of aliphatic hydroxyl groups is 1. The molecule has 0 unspecified atom stereocenters. The van der Waals surface area contributed by atoms with E-state index < -0.39 is 30.1 Å². The second-order valence-electron chi connectivity index (χ2n) is 10.7. The van der Waals surface area contributed by atoms with Crippen LogP contribution >= 0.6 is 11.6 Å². The monoisotopic (exact) mass is 590 g/mol. The van der Waals surface area contributed by atoms with E-state index in [1.54, 1.807) is 95.9 Å². The van der Waals surface area contributed by atoms with Crippen molar-refractivity contribution in [3.63, 3.8) is 0 Å². The highest BCUT2D eigenvalue weighted by molar-refractivity contribution is 6.31. The van der Waals surface area contributed by atoms with E-state index in [1.165, 1.54) is 6.07 Å². The number of amides is 2. The molecular weight excluding hydrogens is 565 g/mol. The number of para-hydroxylation sites is 1. The zero-order chi connectivity index (χ0) is 29.6. The van der Waals surface area contributed by atoms with Crippen LogP contribution in [0.2, 0.25) is 5.02 Å². The van der Waals surface area contributed by atoms with E-state index in [-0.39, 0.29) is 36.7 Å². The number of hydrogen-bond acceptors (Lipinski definition) is 3. The molecule has 4 aromatic rings. The third kappa shape index (κ3) is 4.64. The van der Waals surface area contributed by atoms with Gasteiger partial charge in [0.1, 0.15) is 12.0 Å². The molecule has 214 valence electrons. The van der Waals surface area contributed by atoms with E-state index >= 15 is 0 Å². The van der Waals surface area contributed by atoms with Crippen LogP contribution in [0, 0.1) is 0 Å². The standard InChI is InChI=1S/C33H26ClF3N2O3/c34-27-11-5-1-8-24(27)18-38-29(22-15-13-21(19-40)14-16-22)32(26-10-4-3-9-25(26)30(38)41)17-23-7-2-6-12-28(23)39(31(32)42)20-33(35,36)37/h1-16,29,40H,17-20H2/t29-,32-/m0/s1. The van der Waals surface area contributed by atoms with Gasteiger partial charge in [0.05, 0.1) is 12.6 Å². The Kier molecular flexibility index (Phi) is 7.07. The molecule has 9 heteroatoms. The quantitative estimate of drug-likeness (QED) is 0.284. The minimum Gasteiger partial charge on any atom is -0.392 e. The molecule has 2 atom stereocenters. The molecule has 4 aromatic carbocycles. The first-order valence-electron chi connectivity index (χ1n) is 13.4. The van der Waals surface area contributed by atoms with Gasteiger partial charge in [-0.3, -0.25) is 9.59 Å². The van der Waals surface area contributed by atoms with Crippen LogP contribution in [-0.2, 0) is 29.8 Å². The Morgan fingerprint density at radius 3 is 2.26 bits per heavy atom. The molecule has 2 amide bonds. The molecule has 0 fully saturated rings. The zero-order valence-electron chi connectivity index (χ0n) is 22.3. The number of carbonyl (C=O) groups is 2. The maximum atomic E-state index is 14.8. The molecule has 6 rings (SSSR count). The fraction of sp³-hybridized carbons (Fsp3) is 0.212. The Morgan fingerprint density at radius 1 is 0.881 bits per heavy atom. The van der Waals surface area contributed by atoms with Crippen molar-refractivity contribution in [3.8, 4) is 0 Å². The molecule has 0 bridgehead atoms. The average Bonchev–Trinajstić information content (AvgIpc) is 2.98. The van der Waals surface area contributed by atoms with Gasteiger partial charge < -0.3 is 14.9 Å². The van der Waals surface area contributed by atoms with E-state index in [1.807, 2.05) is 0 Å². The Balaban J connectivity index is 1.65. The molecule has 0 saturated carbocycles. The van der Waals surface area contributed by atoms with Gasteiger partial charge in [-0.1, -0.05) is 90.5 Å². The van der Waals surface area contributed by atoms with Crippen molar-refractivity contribution in [2.45, 2.75) is 37.2 Å². The maximum Gasteiger partial charge on any atom is 0.406 e. The largest absolute Gasteiger partial charge is 0.406 e. The maximum absolute atomic E-state index is 14.8. The van der Waals surface area contributed by atoms with Crippen LogP contribution in [0.4, 0.5) is 18.9 Å². The highest BCUT2D eigenvalue weighted by Gasteiger charge is 2.60. The van der Waals surface area contributed by atoms with Crippen molar-refractivity contribution in [1.29, 1.82) is 0 Å². The van der Waals surface area contributed by atoms with E-state index in [9.17, 15) is 27.9 Å². The molecule has 0 radical (unpaired) electrons. The van der Waals surface area contributed by atoms with Gasteiger partial charge in [-0.05, 0) is 52.4 Å². The molecule has 1 N–H and O–H groups in total. The normalized spacial score (nSPS) is 20.1. The lowest BCUT2D eigenvalue weighted by molar-refractivity contribution is -0.138. The second kappa shape index (κ2) is 10.6. The SMILES string of the molecule is O=C1c2ccccc2[C@@]2(Cc3ccccc3N(CC(F)(F)F)C2=O)[C@H](c2ccc(CO)cc2)N1Cc1ccccc1Cl. The third-order valence-corrected chi connectivity index (χ3v) is 8.54. The summed E-state index contributed by atoms with van der Waals surface area (Å²) in [6.45, 7) is -1.66. The molecule has 0 aliphatic carbocycles. The highest BCUT2D eigenvalue weighted by atomic mass is 35.5.